The van der Waals surface area contributed by atoms with E-state index in [2.05, 4.69) is 55.6 Å². The van der Waals surface area contributed by atoms with Gasteiger partial charge in [-0.1, -0.05) is 75.6 Å². The van der Waals surface area contributed by atoms with E-state index in [1.165, 1.54) is 24.8 Å². The van der Waals surface area contributed by atoms with Crippen LogP contribution in [-0.2, 0) is 15.8 Å². The van der Waals surface area contributed by atoms with Crippen molar-refractivity contribution in [2.75, 3.05) is 18.8 Å². The lowest BCUT2D eigenvalue weighted by molar-refractivity contribution is -0.127. The summed E-state index contributed by atoms with van der Waals surface area (Å²) in [4.78, 5) is 12.7. The molecule has 5 heteroatoms. The highest BCUT2D eigenvalue weighted by atomic mass is 32.2. The van der Waals surface area contributed by atoms with Crippen molar-refractivity contribution in [3.63, 3.8) is 0 Å². The molecule has 0 aromatic rings. The molecule has 0 bridgehead atoms. The number of nitrogens with zero attached hydrogens (tertiary/aromatic N) is 1. The first-order valence-electron chi connectivity index (χ1n) is 12.2. The maximum absolute atomic E-state index is 12.8. The SMILES string of the molecule is CC/C=C\C=C/CC(/C=C\CS(=O)N1CCCC(C(=O)NC2CCCCC2)C1)=C/CC. The van der Waals surface area contributed by atoms with E-state index in [9.17, 15) is 9.00 Å². The summed E-state index contributed by atoms with van der Waals surface area (Å²) in [7, 11) is -1.07. The number of allylic oxidation sites excluding steroid dienone is 7. The van der Waals surface area contributed by atoms with Gasteiger partial charge in [0.2, 0.25) is 5.91 Å². The molecule has 31 heavy (non-hydrogen) atoms. The second-order valence-corrected chi connectivity index (χ2v) is 10.1. The fourth-order valence-electron chi connectivity index (χ4n) is 4.27. The molecule has 0 aromatic heterocycles. The van der Waals surface area contributed by atoms with E-state index in [1.54, 1.807) is 0 Å². The minimum Gasteiger partial charge on any atom is -0.353 e. The van der Waals surface area contributed by atoms with Crippen LogP contribution >= 0.6 is 0 Å². The van der Waals surface area contributed by atoms with E-state index in [0.29, 0.717) is 18.3 Å². The summed E-state index contributed by atoms with van der Waals surface area (Å²) in [6.07, 6.45) is 25.5. The number of nitrogens with one attached hydrogen (secondary N) is 1. The Bertz CT molecular complexity index is 675. The van der Waals surface area contributed by atoms with Crippen LogP contribution in [0.25, 0.3) is 0 Å². The predicted octanol–water partition coefficient (Wildman–Crippen LogP) is 5.62. The summed E-state index contributed by atoms with van der Waals surface area (Å²) in [6.45, 7) is 5.70. The van der Waals surface area contributed by atoms with Crippen molar-refractivity contribution in [3.05, 3.63) is 48.1 Å². The van der Waals surface area contributed by atoms with Gasteiger partial charge in [-0.2, -0.15) is 0 Å². The van der Waals surface area contributed by atoms with Gasteiger partial charge in [0.15, 0.2) is 0 Å². The van der Waals surface area contributed by atoms with Crippen molar-refractivity contribution >= 4 is 16.9 Å². The third-order valence-electron chi connectivity index (χ3n) is 6.00. The first kappa shape index (κ1) is 25.8. The Hall–Kier alpha value is -1.46. The van der Waals surface area contributed by atoms with E-state index in [4.69, 9.17) is 0 Å². The molecule has 1 aliphatic heterocycles. The number of carbonyl (C=O) groups excluding carboxylic acids is 1. The molecule has 1 saturated heterocycles. The third-order valence-corrected chi connectivity index (χ3v) is 7.39. The molecule has 0 spiro atoms. The third kappa shape index (κ3) is 10.1. The van der Waals surface area contributed by atoms with E-state index in [-0.39, 0.29) is 11.8 Å². The lowest BCUT2D eigenvalue weighted by Gasteiger charge is -2.32. The van der Waals surface area contributed by atoms with Crippen LogP contribution in [0.1, 0.15) is 78.1 Å². The highest BCUT2D eigenvalue weighted by Crippen LogP contribution is 2.21. The summed E-state index contributed by atoms with van der Waals surface area (Å²) < 4.78 is 14.8. The summed E-state index contributed by atoms with van der Waals surface area (Å²) in [6, 6.07) is 0.348. The van der Waals surface area contributed by atoms with Crippen molar-refractivity contribution in [1.82, 2.24) is 9.62 Å². The van der Waals surface area contributed by atoms with Gasteiger partial charge in [-0.25, -0.2) is 8.51 Å². The van der Waals surface area contributed by atoms with Gasteiger partial charge < -0.3 is 5.32 Å². The van der Waals surface area contributed by atoms with Crippen molar-refractivity contribution < 1.29 is 9.00 Å². The fraction of sp³-hybridized carbons (Fsp3) is 0.654. The highest BCUT2D eigenvalue weighted by Gasteiger charge is 2.29. The molecule has 2 rings (SSSR count). The molecule has 1 heterocycles. The molecule has 174 valence electrons. The average Bonchev–Trinajstić information content (AvgIpc) is 2.79. The number of hydrogen-bond donors (Lipinski definition) is 1. The maximum Gasteiger partial charge on any atom is 0.224 e. The molecule has 2 fully saturated rings. The Kier molecular flexibility index (Phi) is 12.8. The Morgan fingerprint density at radius 3 is 2.52 bits per heavy atom. The van der Waals surface area contributed by atoms with Gasteiger partial charge in [0.05, 0.1) is 22.7 Å². The minimum absolute atomic E-state index is 0.0273. The normalized spacial score (nSPS) is 23.2. The van der Waals surface area contributed by atoms with E-state index in [0.717, 1.165) is 51.5 Å². The molecule has 1 aliphatic carbocycles. The topological polar surface area (TPSA) is 49.4 Å². The standard InChI is InChI=1S/C26H42N2O2S/c1-3-5-6-7-9-15-23(14-4-2)16-13-21-31(30)28-20-12-17-24(22-28)26(29)27-25-18-10-8-11-19-25/h5-7,9,13-14,16,24-25H,3-4,8,10-12,15,17-22H2,1-2H3,(H,27,29)/b6-5-,9-7-,16-13-,23-14-. The monoisotopic (exact) mass is 446 g/mol. The fourth-order valence-corrected chi connectivity index (χ4v) is 5.42. The van der Waals surface area contributed by atoms with Crippen LogP contribution in [0, 0.1) is 5.92 Å². The Labute approximate surface area is 192 Å². The highest BCUT2D eigenvalue weighted by molar-refractivity contribution is 7.82. The van der Waals surface area contributed by atoms with Crippen LogP contribution in [0.3, 0.4) is 0 Å². The molecule has 4 nitrogen and oxygen atoms in total. The minimum atomic E-state index is -1.07. The molecular formula is C26H42N2O2S. The lowest BCUT2D eigenvalue weighted by Crippen LogP contribution is -2.47. The zero-order chi connectivity index (χ0) is 22.3. The van der Waals surface area contributed by atoms with Gasteiger partial charge in [0.1, 0.15) is 0 Å². The predicted molar refractivity (Wildman–Crippen MR) is 133 cm³/mol. The Morgan fingerprint density at radius 1 is 1.00 bits per heavy atom. The second-order valence-electron chi connectivity index (χ2n) is 8.62. The number of carbonyl (C=O) groups is 1. The van der Waals surface area contributed by atoms with Crippen LogP contribution < -0.4 is 5.32 Å². The Morgan fingerprint density at radius 2 is 1.77 bits per heavy atom. The van der Waals surface area contributed by atoms with Gasteiger partial charge in [-0.15, -0.1) is 0 Å². The molecule has 0 radical (unpaired) electrons. The number of rotatable bonds is 11. The van der Waals surface area contributed by atoms with Crippen LogP contribution in [0.4, 0.5) is 0 Å². The summed E-state index contributed by atoms with van der Waals surface area (Å²) >= 11 is 0. The van der Waals surface area contributed by atoms with Crippen LogP contribution in [-0.4, -0.2) is 39.3 Å². The average molecular weight is 447 g/mol. The number of hydrogen-bond acceptors (Lipinski definition) is 2. The summed E-state index contributed by atoms with van der Waals surface area (Å²) in [5.41, 5.74) is 1.25. The van der Waals surface area contributed by atoms with E-state index < -0.39 is 11.0 Å². The smallest absolute Gasteiger partial charge is 0.224 e. The zero-order valence-corrected chi connectivity index (χ0v) is 20.4. The molecule has 1 amide bonds. The first-order valence-corrected chi connectivity index (χ1v) is 13.5. The van der Waals surface area contributed by atoms with Gasteiger partial charge in [-0.05, 0) is 50.5 Å². The molecular weight excluding hydrogens is 404 g/mol. The largest absolute Gasteiger partial charge is 0.353 e. The van der Waals surface area contributed by atoms with Gasteiger partial charge in [0, 0.05) is 19.1 Å². The molecule has 2 aliphatic rings. The lowest BCUT2D eigenvalue weighted by atomic mass is 9.93. The van der Waals surface area contributed by atoms with Crippen molar-refractivity contribution in [3.8, 4) is 0 Å². The number of amides is 1. The number of piperidine rings is 1. The van der Waals surface area contributed by atoms with E-state index >= 15 is 0 Å². The Balaban J connectivity index is 1.80. The quantitative estimate of drug-likeness (QED) is 0.419. The zero-order valence-electron chi connectivity index (χ0n) is 19.6. The van der Waals surface area contributed by atoms with Crippen LogP contribution in [0.2, 0.25) is 0 Å². The first-order chi connectivity index (χ1) is 15.1. The summed E-state index contributed by atoms with van der Waals surface area (Å²) in [5, 5.41) is 3.26. The van der Waals surface area contributed by atoms with Gasteiger partial charge >= 0.3 is 0 Å². The molecule has 1 saturated carbocycles. The van der Waals surface area contributed by atoms with Crippen molar-refractivity contribution in [2.24, 2.45) is 5.92 Å². The van der Waals surface area contributed by atoms with Gasteiger partial charge in [-0.3, -0.25) is 4.79 Å². The molecule has 1 N–H and O–H groups in total. The molecule has 0 aromatic carbocycles. The molecule has 2 unspecified atom stereocenters. The van der Waals surface area contributed by atoms with Crippen LogP contribution in [0.15, 0.2) is 48.1 Å². The summed E-state index contributed by atoms with van der Waals surface area (Å²) in [5.74, 6) is 0.652. The van der Waals surface area contributed by atoms with Crippen molar-refractivity contribution in [2.45, 2.75) is 84.1 Å². The maximum atomic E-state index is 12.8. The van der Waals surface area contributed by atoms with Gasteiger partial charge in [0.25, 0.3) is 0 Å². The van der Waals surface area contributed by atoms with E-state index in [1.807, 2.05) is 10.4 Å². The molecule has 2 atom stereocenters. The van der Waals surface area contributed by atoms with Crippen LogP contribution in [0.5, 0.6) is 0 Å². The van der Waals surface area contributed by atoms with Crippen molar-refractivity contribution in [1.29, 1.82) is 0 Å². The second kappa shape index (κ2) is 15.4.